The zero-order chi connectivity index (χ0) is 10.1. The number of hydrogen-bond donors (Lipinski definition) is 1. The van der Waals surface area contributed by atoms with Gasteiger partial charge in [-0.25, -0.2) is 0 Å². The van der Waals surface area contributed by atoms with Crippen molar-refractivity contribution in [3.63, 3.8) is 0 Å². The van der Waals surface area contributed by atoms with Crippen LogP contribution in [0.4, 0.5) is 0 Å². The van der Waals surface area contributed by atoms with Gasteiger partial charge in [0.15, 0.2) is 0 Å². The largest absolute Gasteiger partial charge is 0.311 e. The molecule has 1 N–H and O–H groups in total. The molecule has 0 fully saturated rings. The maximum atomic E-state index is 5.56. The van der Waals surface area contributed by atoms with Gasteiger partial charge in [0, 0.05) is 18.1 Å². The molecule has 0 rings (SSSR count). The third-order valence-electron chi connectivity index (χ3n) is 2.16. The molecule has 78 valence electrons. The minimum Gasteiger partial charge on any atom is -0.311 e. The van der Waals surface area contributed by atoms with Crippen LogP contribution in [0.15, 0.2) is 11.1 Å². The fourth-order valence-corrected chi connectivity index (χ4v) is 1.25. The molecule has 0 radical (unpaired) electrons. The van der Waals surface area contributed by atoms with E-state index in [1.807, 2.05) is 6.92 Å². The van der Waals surface area contributed by atoms with Crippen molar-refractivity contribution >= 4 is 11.6 Å². The van der Waals surface area contributed by atoms with Crippen LogP contribution in [0.1, 0.15) is 46.5 Å². The third kappa shape index (κ3) is 8.32. The lowest BCUT2D eigenvalue weighted by Crippen LogP contribution is -2.27. The van der Waals surface area contributed by atoms with Gasteiger partial charge in [-0.2, -0.15) is 0 Å². The summed E-state index contributed by atoms with van der Waals surface area (Å²) in [5.74, 6) is 0. The number of rotatable bonds is 7. The summed E-state index contributed by atoms with van der Waals surface area (Å²) in [5.41, 5.74) is 2.84. The van der Waals surface area contributed by atoms with Crippen LogP contribution in [-0.4, -0.2) is 12.6 Å². The predicted octanol–water partition coefficient (Wildman–Crippen LogP) is 3.69. The zero-order valence-electron chi connectivity index (χ0n) is 9.07. The Hall–Kier alpha value is -0.0100. The fraction of sp³-hybridized carbons (Fsp3) is 0.818. The standard InChI is InChI=1S/C11H22ClN/c1-4-5-6-7-11(3)13-9-10(2)8-12/h8,11,13H,4-7,9H2,1-3H3. The Balaban J connectivity index is 3.34. The van der Waals surface area contributed by atoms with Crippen LogP contribution >= 0.6 is 11.6 Å². The molecule has 0 aromatic rings. The van der Waals surface area contributed by atoms with Gasteiger partial charge in [0.25, 0.3) is 0 Å². The van der Waals surface area contributed by atoms with E-state index in [2.05, 4.69) is 19.2 Å². The maximum Gasteiger partial charge on any atom is 0.0176 e. The van der Waals surface area contributed by atoms with Crippen LogP contribution in [0.2, 0.25) is 0 Å². The zero-order valence-corrected chi connectivity index (χ0v) is 9.82. The smallest absolute Gasteiger partial charge is 0.0176 e. The van der Waals surface area contributed by atoms with E-state index in [1.165, 1.54) is 31.3 Å². The molecule has 1 unspecified atom stereocenters. The van der Waals surface area contributed by atoms with Crippen molar-refractivity contribution in [2.24, 2.45) is 0 Å². The van der Waals surface area contributed by atoms with E-state index in [9.17, 15) is 0 Å². The Labute approximate surface area is 87.6 Å². The van der Waals surface area contributed by atoms with Crippen molar-refractivity contribution in [1.29, 1.82) is 0 Å². The fourth-order valence-electron chi connectivity index (χ4n) is 1.18. The van der Waals surface area contributed by atoms with Gasteiger partial charge in [-0.15, -0.1) is 0 Å². The minimum atomic E-state index is 0.609. The molecule has 0 bridgehead atoms. The quantitative estimate of drug-likeness (QED) is 0.623. The lowest BCUT2D eigenvalue weighted by molar-refractivity contribution is 0.505. The molecule has 0 aliphatic carbocycles. The molecule has 13 heavy (non-hydrogen) atoms. The first-order valence-electron chi connectivity index (χ1n) is 5.20. The van der Waals surface area contributed by atoms with Gasteiger partial charge in [0.1, 0.15) is 0 Å². The Morgan fingerprint density at radius 2 is 2.15 bits per heavy atom. The molecule has 0 saturated carbocycles. The molecule has 0 aliphatic rings. The molecule has 0 aromatic heterocycles. The van der Waals surface area contributed by atoms with E-state index >= 15 is 0 Å². The monoisotopic (exact) mass is 203 g/mol. The number of nitrogens with one attached hydrogen (secondary N) is 1. The van der Waals surface area contributed by atoms with Crippen molar-refractivity contribution < 1.29 is 0 Å². The molecular formula is C11H22ClN. The van der Waals surface area contributed by atoms with Crippen LogP contribution in [0.5, 0.6) is 0 Å². The van der Waals surface area contributed by atoms with Gasteiger partial charge < -0.3 is 5.32 Å². The van der Waals surface area contributed by atoms with Gasteiger partial charge in [0.2, 0.25) is 0 Å². The molecule has 1 nitrogen and oxygen atoms in total. The summed E-state index contributed by atoms with van der Waals surface area (Å²) >= 11 is 5.56. The average molecular weight is 204 g/mol. The van der Waals surface area contributed by atoms with Crippen LogP contribution in [-0.2, 0) is 0 Å². The summed E-state index contributed by atoms with van der Waals surface area (Å²) in [4.78, 5) is 0. The van der Waals surface area contributed by atoms with Gasteiger partial charge in [-0.3, -0.25) is 0 Å². The average Bonchev–Trinajstić information content (AvgIpc) is 2.14. The number of halogens is 1. The topological polar surface area (TPSA) is 12.0 Å². The molecule has 1 atom stereocenters. The first-order chi connectivity index (χ1) is 6.20. The highest BCUT2D eigenvalue weighted by Crippen LogP contribution is 2.03. The van der Waals surface area contributed by atoms with Crippen LogP contribution in [0.25, 0.3) is 0 Å². The predicted molar refractivity (Wildman–Crippen MR) is 61.2 cm³/mol. The van der Waals surface area contributed by atoms with E-state index in [0.29, 0.717) is 6.04 Å². The highest BCUT2D eigenvalue weighted by atomic mass is 35.5. The summed E-state index contributed by atoms with van der Waals surface area (Å²) in [7, 11) is 0. The van der Waals surface area contributed by atoms with E-state index in [4.69, 9.17) is 11.6 Å². The van der Waals surface area contributed by atoms with E-state index in [-0.39, 0.29) is 0 Å². The van der Waals surface area contributed by atoms with E-state index in [0.717, 1.165) is 6.54 Å². The second-order valence-corrected chi connectivity index (χ2v) is 3.95. The second-order valence-electron chi connectivity index (χ2n) is 3.73. The molecule has 0 spiro atoms. The summed E-state index contributed by atoms with van der Waals surface area (Å²) in [6.45, 7) is 7.42. The van der Waals surface area contributed by atoms with Crippen LogP contribution < -0.4 is 5.32 Å². The van der Waals surface area contributed by atoms with Gasteiger partial charge in [0.05, 0.1) is 0 Å². The second kappa shape index (κ2) is 8.58. The lowest BCUT2D eigenvalue weighted by atomic mass is 10.1. The van der Waals surface area contributed by atoms with Crippen molar-refractivity contribution in [2.75, 3.05) is 6.54 Å². The normalized spacial score (nSPS) is 14.6. The van der Waals surface area contributed by atoms with E-state index in [1.54, 1.807) is 5.54 Å². The molecule has 0 aromatic carbocycles. The number of unbranched alkanes of at least 4 members (excludes halogenated alkanes) is 2. The Morgan fingerprint density at radius 1 is 1.46 bits per heavy atom. The summed E-state index contributed by atoms with van der Waals surface area (Å²) in [5, 5.41) is 3.44. The molecular weight excluding hydrogens is 182 g/mol. The van der Waals surface area contributed by atoms with Gasteiger partial charge in [-0.05, 0) is 25.8 Å². The highest BCUT2D eigenvalue weighted by Gasteiger charge is 1.99. The van der Waals surface area contributed by atoms with Crippen molar-refractivity contribution in [3.8, 4) is 0 Å². The summed E-state index contributed by atoms with van der Waals surface area (Å²) in [6, 6.07) is 0.609. The Bertz CT molecular complexity index is 143. The van der Waals surface area contributed by atoms with Crippen LogP contribution in [0, 0.1) is 0 Å². The number of hydrogen-bond acceptors (Lipinski definition) is 1. The Morgan fingerprint density at radius 3 is 2.69 bits per heavy atom. The Kier molecular flexibility index (Phi) is 8.58. The SMILES string of the molecule is CCCCCC(C)NCC(C)=CCl. The molecule has 0 saturated heterocycles. The first-order valence-corrected chi connectivity index (χ1v) is 5.63. The lowest BCUT2D eigenvalue weighted by Gasteiger charge is -2.13. The van der Waals surface area contributed by atoms with Crippen molar-refractivity contribution in [3.05, 3.63) is 11.1 Å². The molecule has 2 heteroatoms. The minimum absolute atomic E-state index is 0.609. The van der Waals surface area contributed by atoms with Crippen molar-refractivity contribution in [1.82, 2.24) is 5.32 Å². The summed E-state index contributed by atoms with van der Waals surface area (Å²) < 4.78 is 0. The highest BCUT2D eigenvalue weighted by molar-refractivity contribution is 6.25. The first kappa shape index (κ1) is 13.0. The van der Waals surface area contributed by atoms with Crippen LogP contribution in [0.3, 0.4) is 0 Å². The third-order valence-corrected chi connectivity index (χ3v) is 2.53. The molecule has 0 amide bonds. The summed E-state index contributed by atoms with van der Waals surface area (Å²) in [6.07, 6.45) is 5.24. The molecule has 0 heterocycles. The van der Waals surface area contributed by atoms with E-state index < -0.39 is 0 Å². The van der Waals surface area contributed by atoms with Gasteiger partial charge >= 0.3 is 0 Å². The van der Waals surface area contributed by atoms with Crippen molar-refractivity contribution in [2.45, 2.75) is 52.5 Å². The maximum absolute atomic E-state index is 5.56. The van der Waals surface area contributed by atoms with Gasteiger partial charge in [-0.1, -0.05) is 37.8 Å². The molecule has 0 aliphatic heterocycles.